The summed E-state index contributed by atoms with van der Waals surface area (Å²) >= 11 is 0. The van der Waals surface area contributed by atoms with Crippen LogP contribution in [0.5, 0.6) is 0 Å². The summed E-state index contributed by atoms with van der Waals surface area (Å²) in [6.07, 6.45) is 6.27. The Bertz CT molecular complexity index is 473. The fourth-order valence-electron chi connectivity index (χ4n) is 2.31. The number of nitrogens with zero attached hydrogens (tertiary/aromatic N) is 2. The molecule has 0 atom stereocenters. The number of anilines is 1. The lowest BCUT2D eigenvalue weighted by Crippen LogP contribution is -2.22. The number of rotatable bonds is 2. The van der Waals surface area contributed by atoms with E-state index in [1.54, 1.807) is 12.1 Å². The average molecular weight is 225 g/mol. The van der Waals surface area contributed by atoms with Crippen LogP contribution in [0.4, 0.5) is 5.69 Å². The lowest BCUT2D eigenvalue weighted by atomic mass is 9.95. The topological polar surface area (TPSA) is 59.6 Å². The van der Waals surface area contributed by atoms with Gasteiger partial charge in [-0.2, -0.15) is 10.5 Å². The third-order valence-corrected chi connectivity index (χ3v) is 3.24. The van der Waals surface area contributed by atoms with Crippen molar-refractivity contribution in [2.24, 2.45) is 0 Å². The fourth-order valence-corrected chi connectivity index (χ4v) is 2.31. The van der Waals surface area contributed by atoms with Crippen LogP contribution in [0.1, 0.15) is 43.2 Å². The third kappa shape index (κ3) is 2.77. The molecule has 17 heavy (non-hydrogen) atoms. The zero-order chi connectivity index (χ0) is 12.1. The molecule has 1 aliphatic carbocycles. The van der Waals surface area contributed by atoms with Gasteiger partial charge in [0.1, 0.15) is 12.1 Å². The van der Waals surface area contributed by atoms with E-state index in [9.17, 15) is 0 Å². The molecule has 1 fully saturated rings. The molecule has 1 N–H and O–H groups in total. The Morgan fingerprint density at radius 1 is 1.00 bits per heavy atom. The predicted octanol–water partition coefficient (Wildman–Crippen LogP) is 3.17. The molecule has 1 aliphatic rings. The normalized spacial score (nSPS) is 15.9. The van der Waals surface area contributed by atoms with Crippen molar-refractivity contribution in [2.75, 3.05) is 5.32 Å². The molecule has 1 aromatic carbocycles. The van der Waals surface area contributed by atoms with Crippen molar-refractivity contribution in [3.63, 3.8) is 0 Å². The first kappa shape index (κ1) is 11.5. The van der Waals surface area contributed by atoms with E-state index in [1.807, 2.05) is 12.1 Å². The van der Waals surface area contributed by atoms with E-state index in [0.717, 1.165) is 5.69 Å². The Balaban J connectivity index is 2.12. The van der Waals surface area contributed by atoms with Crippen molar-refractivity contribution in [3.8, 4) is 12.1 Å². The Morgan fingerprint density at radius 3 is 2.35 bits per heavy atom. The maximum absolute atomic E-state index is 8.95. The summed E-state index contributed by atoms with van der Waals surface area (Å²) in [5.74, 6) is 0. The van der Waals surface area contributed by atoms with E-state index in [0.29, 0.717) is 17.2 Å². The molecule has 1 saturated carbocycles. The van der Waals surface area contributed by atoms with Gasteiger partial charge in [0, 0.05) is 11.7 Å². The van der Waals surface area contributed by atoms with Crippen molar-refractivity contribution in [3.05, 3.63) is 29.3 Å². The maximum atomic E-state index is 8.95. The van der Waals surface area contributed by atoms with Crippen LogP contribution in [0.3, 0.4) is 0 Å². The Morgan fingerprint density at radius 2 is 1.71 bits per heavy atom. The smallest absolute Gasteiger partial charge is 0.101 e. The Labute approximate surface area is 102 Å². The molecule has 0 amide bonds. The van der Waals surface area contributed by atoms with E-state index in [1.165, 1.54) is 32.1 Å². The second-order valence-corrected chi connectivity index (χ2v) is 4.46. The number of nitriles is 2. The van der Waals surface area contributed by atoms with Crippen LogP contribution in [0.15, 0.2) is 18.2 Å². The predicted molar refractivity (Wildman–Crippen MR) is 66.4 cm³/mol. The van der Waals surface area contributed by atoms with Crippen molar-refractivity contribution >= 4 is 5.69 Å². The van der Waals surface area contributed by atoms with Crippen LogP contribution in [0.2, 0.25) is 0 Å². The van der Waals surface area contributed by atoms with Gasteiger partial charge >= 0.3 is 0 Å². The Hall–Kier alpha value is -2.00. The van der Waals surface area contributed by atoms with Gasteiger partial charge in [-0.15, -0.1) is 0 Å². The van der Waals surface area contributed by atoms with Crippen LogP contribution in [-0.2, 0) is 0 Å². The van der Waals surface area contributed by atoms with Gasteiger partial charge in [-0.3, -0.25) is 0 Å². The lowest BCUT2D eigenvalue weighted by Gasteiger charge is -2.23. The number of hydrogen-bond donors (Lipinski definition) is 1. The summed E-state index contributed by atoms with van der Waals surface area (Å²) in [7, 11) is 0. The first-order chi connectivity index (χ1) is 8.33. The quantitative estimate of drug-likeness (QED) is 0.840. The molecule has 0 radical (unpaired) electrons. The van der Waals surface area contributed by atoms with Crippen LogP contribution < -0.4 is 5.32 Å². The fraction of sp³-hybridized carbons (Fsp3) is 0.429. The highest BCUT2D eigenvalue weighted by atomic mass is 14.9. The van der Waals surface area contributed by atoms with Gasteiger partial charge in [-0.1, -0.05) is 19.3 Å². The molecule has 0 spiro atoms. The van der Waals surface area contributed by atoms with Crippen LogP contribution >= 0.6 is 0 Å². The minimum Gasteiger partial charge on any atom is -0.382 e. The van der Waals surface area contributed by atoms with Crippen LogP contribution in [-0.4, -0.2) is 6.04 Å². The average Bonchev–Trinajstić information content (AvgIpc) is 2.40. The standard InChI is InChI=1S/C14H15N3/c15-9-11-6-7-14(8-12(11)10-16)17-13-4-2-1-3-5-13/h6-8,13,17H,1-5H2. The number of hydrogen-bond acceptors (Lipinski definition) is 3. The zero-order valence-corrected chi connectivity index (χ0v) is 9.74. The third-order valence-electron chi connectivity index (χ3n) is 3.24. The van der Waals surface area contributed by atoms with Gasteiger partial charge in [0.2, 0.25) is 0 Å². The zero-order valence-electron chi connectivity index (χ0n) is 9.74. The van der Waals surface area contributed by atoms with Gasteiger partial charge in [0.25, 0.3) is 0 Å². The molecule has 0 bridgehead atoms. The molecule has 2 rings (SSSR count). The SMILES string of the molecule is N#Cc1ccc(NC2CCCCC2)cc1C#N. The number of nitrogens with one attached hydrogen (secondary N) is 1. The lowest BCUT2D eigenvalue weighted by molar-refractivity contribution is 0.463. The van der Waals surface area contributed by atoms with Gasteiger partial charge in [0.15, 0.2) is 0 Å². The summed E-state index contributed by atoms with van der Waals surface area (Å²) in [5.41, 5.74) is 1.85. The molecular formula is C14H15N3. The molecule has 3 nitrogen and oxygen atoms in total. The largest absolute Gasteiger partial charge is 0.382 e. The first-order valence-corrected chi connectivity index (χ1v) is 6.04. The minimum atomic E-state index is 0.446. The van der Waals surface area contributed by atoms with Crippen molar-refractivity contribution in [1.29, 1.82) is 10.5 Å². The monoisotopic (exact) mass is 225 g/mol. The molecule has 3 heteroatoms. The molecule has 0 saturated heterocycles. The second-order valence-electron chi connectivity index (χ2n) is 4.46. The maximum Gasteiger partial charge on any atom is 0.101 e. The summed E-state index contributed by atoms with van der Waals surface area (Å²) < 4.78 is 0. The van der Waals surface area contributed by atoms with Crippen molar-refractivity contribution in [1.82, 2.24) is 0 Å². The van der Waals surface area contributed by atoms with Crippen molar-refractivity contribution < 1.29 is 0 Å². The molecule has 0 aromatic heterocycles. The highest BCUT2D eigenvalue weighted by molar-refractivity contribution is 5.56. The van der Waals surface area contributed by atoms with E-state index in [-0.39, 0.29) is 0 Å². The summed E-state index contributed by atoms with van der Waals surface area (Å²) in [6.45, 7) is 0. The summed E-state index contributed by atoms with van der Waals surface area (Å²) in [5, 5.41) is 21.2. The molecule has 0 unspecified atom stereocenters. The highest BCUT2D eigenvalue weighted by Gasteiger charge is 2.13. The Kier molecular flexibility index (Phi) is 3.62. The van der Waals surface area contributed by atoms with E-state index in [4.69, 9.17) is 10.5 Å². The van der Waals surface area contributed by atoms with Gasteiger partial charge in [-0.05, 0) is 31.0 Å². The van der Waals surface area contributed by atoms with Gasteiger partial charge in [-0.25, -0.2) is 0 Å². The molecule has 1 aromatic rings. The van der Waals surface area contributed by atoms with Crippen molar-refractivity contribution in [2.45, 2.75) is 38.1 Å². The molecule has 0 aliphatic heterocycles. The number of benzene rings is 1. The first-order valence-electron chi connectivity index (χ1n) is 6.04. The van der Waals surface area contributed by atoms with E-state index in [2.05, 4.69) is 11.4 Å². The highest BCUT2D eigenvalue weighted by Crippen LogP contribution is 2.22. The minimum absolute atomic E-state index is 0.446. The molecular weight excluding hydrogens is 210 g/mol. The van der Waals surface area contributed by atoms with Gasteiger partial charge < -0.3 is 5.32 Å². The second kappa shape index (κ2) is 5.37. The van der Waals surface area contributed by atoms with Gasteiger partial charge in [0.05, 0.1) is 11.1 Å². The van der Waals surface area contributed by atoms with E-state index >= 15 is 0 Å². The van der Waals surface area contributed by atoms with E-state index < -0.39 is 0 Å². The summed E-state index contributed by atoms with van der Waals surface area (Å²) in [4.78, 5) is 0. The summed E-state index contributed by atoms with van der Waals surface area (Å²) in [6, 6.07) is 9.97. The van der Waals surface area contributed by atoms with Crippen LogP contribution in [0, 0.1) is 22.7 Å². The molecule has 86 valence electrons. The molecule has 0 heterocycles. The van der Waals surface area contributed by atoms with Crippen LogP contribution in [0.25, 0.3) is 0 Å².